The molecule has 2 heterocycles. The number of benzene rings is 1. The van der Waals surface area contributed by atoms with Crippen molar-refractivity contribution in [3.63, 3.8) is 0 Å². The number of H-pyrrole nitrogens is 1. The molecule has 0 amide bonds. The van der Waals surface area contributed by atoms with E-state index in [1.54, 1.807) is 6.92 Å². The number of carbonyl (C=O) groups is 1. The molecule has 0 saturated carbocycles. The summed E-state index contributed by atoms with van der Waals surface area (Å²) in [6.07, 6.45) is 0. The third-order valence-corrected chi connectivity index (χ3v) is 3.94. The van der Waals surface area contributed by atoms with Gasteiger partial charge in [0, 0.05) is 5.56 Å². The van der Waals surface area contributed by atoms with Crippen molar-refractivity contribution < 1.29 is 9.53 Å². The summed E-state index contributed by atoms with van der Waals surface area (Å²) in [6, 6.07) is 10.9. The molecule has 3 rings (SSSR count). The smallest absolute Gasteiger partial charge is 0.348 e. The van der Waals surface area contributed by atoms with Gasteiger partial charge in [0.25, 0.3) is 5.56 Å². The molecule has 0 aliphatic rings. The summed E-state index contributed by atoms with van der Waals surface area (Å²) in [5, 5.41) is 0.405. The van der Waals surface area contributed by atoms with Gasteiger partial charge in [-0.05, 0) is 13.0 Å². The molecule has 3 aromatic rings. The fourth-order valence-electron chi connectivity index (χ4n) is 1.97. The number of thiophene rings is 1. The molecule has 0 radical (unpaired) electrons. The van der Waals surface area contributed by atoms with E-state index in [2.05, 4.69) is 9.97 Å². The maximum Gasteiger partial charge on any atom is 0.348 e. The molecule has 2 aromatic heterocycles. The van der Waals surface area contributed by atoms with Crippen molar-refractivity contribution in [1.29, 1.82) is 0 Å². The van der Waals surface area contributed by atoms with E-state index in [0.717, 1.165) is 16.9 Å². The number of aromatic nitrogens is 2. The molecule has 0 spiro atoms. The maximum atomic E-state index is 12.1. The zero-order valence-electron chi connectivity index (χ0n) is 11.3. The zero-order chi connectivity index (χ0) is 14.8. The van der Waals surface area contributed by atoms with E-state index in [0.29, 0.717) is 27.5 Å². The summed E-state index contributed by atoms with van der Waals surface area (Å²) in [5.74, 6) is 0.0616. The van der Waals surface area contributed by atoms with Crippen LogP contribution in [-0.4, -0.2) is 22.5 Å². The summed E-state index contributed by atoms with van der Waals surface area (Å²) >= 11 is 1.16. The second-order valence-electron chi connectivity index (χ2n) is 4.33. The van der Waals surface area contributed by atoms with Crippen LogP contribution < -0.4 is 5.56 Å². The van der Waals surface area contributed by atoms with Crippen molar-refractivity contribution in [2.75, 3.05) is 6.61 Å². The number of nitrogens with one attached hydrogen (secondary N) is 1. The first-order valence-electron chi connectivity index (χ1n) is 6.45. The quantitative estimate of drug-likeness (QED) is 0.755. The molecule has 1 aromatic carbocycles. The Morgan fingerprint density at radius 2 is 2.10 bits per heavy atom. The lowest BCUT2D eigenvalue weighted by molar-refractivity contribution is 0.0532. The number of rotatable bonds is 3. The highest BCUT2D eigenvalue weighted by atomic mass is 32.1. The van der Waals surface area contributed by atoms with Gasteiger partial charge >= 0.3 is 5.97 Å². The van der Waals surface area contributed by atoms with E-state index >= 15 is 0 Å². The predicted molar refractivity (Wildman–Crippen MR) is 81.6 cm³/mol. The van der Waals surface area contributed by atoms with Gasteiger partial charge < -0.3 is 9.72 Å². The molecule has 0 bridgehead atoms. The highest BCUT2D eigenvalue weighted by Gasteiger charge is 2.15. The van der Waals surface area contributed by atoms with Gasteiger partial charge in [0.15, 0.2) is 0 Å². The van der Waals surface area contributed by atoms with E-state index < -0.39 is 5.97 Å². The molecule has 21 heavy (non-hydrogen) atoms. The SMILES string of the molecule is CCOC(=O)c1cc2c(=O)[nH]c(-c3ccccc3)nc2s1. The number of hydrogen-bond donors (Lipinski definition) is 1. The number of nitrogens with zero attached hydrogens (tertiary/aromatic N) is 1. The molecular weight excluding hydrogens is 288 g/mol. The average Bonchev–Trinajstić information content (AvgIpc) is 2.93. The summed E-state index contributed by atoms with van der Waals surface area (Å²) in [6.45, 7) is 2.04. The Labute approximate surface area is 124 Å². The Kier molecular flexibility index (Phi) is 3.53. The fraction of sp³-hybridized carbons (Fsp3) is 0.133. The van der Waals surface area contributed by atoms with E-state index in [-0.39, 0.29) is 5.56 Å². The van der Waals surface area contributed by atoms with Crippen LogP contribution in [0, 0.1) is 0 Å². The number of hydrogen-bond acceptors (Lipinski definition) is 5. The molecule has 0 aliphatic carbocycles. The van der Waals surface area contributed by atoms with Crippen molar-refractivity contribution >= 4 is 27.5 Å². The summed E-state index contributed by atoms with van der Waals surface area (Å²) in [4.78, 5) is 31.9. The van der Waals surface area contributed by atoms with E-state index in [9.17, 15) is 9.59 Å². The first kappa shape index (κ1) is 13.5. The van der Waals surface area contributed by atoms with Crippen LogP contribution in [0.1, 0.15) is 16.6 Å². The molecule has 1 N–H and O–H groups in total. The third-order valence-electron chi connectivity index (χ3n) is 2.93. The van der Waals surface area contributed by atoms with Gasteiger partial charge in [-0.3, -0.25) is 4.79 Å². The molecule has 0 saturated heterocycles. The van der Waals surface area contributed by atoms with Crippen molar-refractivity contribution in [3.05, 3.63) is 51.6 Å². The van der Waals surface area contributed by atoms with Crippen LogP contribution in [0.25, 0.3) is 21.6 Å². The summed E-state index contributed by atoms with van der Waals surface area (Å²) in [5.41, 5.74) is 0.563. The van der Waals surface area contributed by atoms with Gasteiger partial charge in [-0.15, -0.1) is 11.3 Å². The minimum Gasteiger partial charge on any atom is -0.462 e. The number of aromatic amines is 1. The lowest BCUT2D eigenvalue weighted by Crippen LogP contribution is -2.08. The van der Waals surface area contributed by atoms with Crippen LogP contribution in [0.2, 0.25) is 0 Å². The topological polar surface area (TPSA) is 72.1 Å². The molecule has 0 aliphatic heterocycles. The lowest BCUT2D eigenvalue weighted by atomic mass is 10.2. The molecule has 0 fully saturated rings. The number of carbonyl (C=O) groups excluding carboxylic acids is 1. The molecule has 106 valence electrons. The second kappa shape index (κ2) is 5.49. The molecule has 0 unspecified atom stereocenters. The number of ether oxygens (including phenoxy) is 1. The van der Waals surface area contributed by atoms with Gasteiger partial charge in [0.2, 0.25) is 0 Å². The van der Waals surface area contributed by atoms with Crippen molar-refractivity contribution in [2.45, 2.75) is 6.92 Å². The van der Waals surface area contributed by atoms with Gasteiger partial charge in [0.05, 0.1) is 12.0 Å². The Hall–Kier alpha value is -2.47. The van der Waals surface area contributed by atoms with E-state index in [1.165, 1.54) is 6.07 Å². The van der Waals surface area contributed by atoms with Gasteiger partial charge in [-0.25, -0.2) is 9.78 Å². The zero-order valence-corrected chi connectivity index (χ0v) is 12.1. The average molecular weight is 300 g/mol. The van der Waals surface area contributed by atoms with E-state index in [1.807, 2.05) is 30.3 Å². The minimum absolute atomic E-state index is 0.259. The minimum atomic E-state index is -0.429. The lowest BCUT2D eigenvalue weighted by Gasteiger charge is -1.99. The van der Waals surface area contributed by atoms with Crippen LogP contribution in [0.4, 0.5) is 0 Å². The van der Waals surface area contributed by atoms with Crippen LogP contribution >= 0.6 is 11.3 Å². The standard InChI is InChI=1S/C15H12N2O3S/c1-2-20-15(19)11-8-10-13(18)16-12(17-14(10)21-11)9-6-4-3-5-7-9/h3-8H,2H2,1H3,(H,16,17,18). The largest absolute Gasteiger partial charge is 0.462 e. The Balaban J connectivity index is 2.12. The van der Waals surface area contributed by atoms with Crippen molar-refractivity contribution in [1.82, 2.24) is 9.97 Å². The van der Waals surface area contributed by atoms with E-state index in [4.69, 9.17) is 4.74 Å². The molecule has 5 nitrogen and oxygen atoms in total. The Bertz CT molecular complexity index is 852. The molecule has 6 heteroatoms. The highest BCUT2D eigenvalue weighted by Crippen LogP contribution is 2.24. The van der Waals surface area contributed by atoms with Gasteiger partial charge in [-0.2, -0.15) is 0 Å². The maximum absolute atomic E-state index is 12.1. The Morgan fingerprint density at radius 1 is 1.33 bits per heavy atom. The summed E-state index contributed by atoms with van der Waals surface area (Å²) < 4.78 is 4.94. The van der Waals surface area contributed by atoms with Crippen LogP contribution in [-0.2, 0) is 4.74 Å². The predicted octanol–water partition coefficient (Wildman–Crippen LogP) is 2.83. The van der Waals surface area contributed by atoms with Crippen LogP contribution in [0.3, 0.4) is 0 Å². The molecular formula is C15H12N2O3S. The summed E-state index contributed by atoms with van der Waals surface area (Å²) in [7, 11) is 0. The molecule has 0 atom stereocenters. The van der Waals surface area contributed by atoms with Gasteiger partial charge in [0.1, 0.15) is 15.5 Å². The second-order valence-corrected chi connectivity index (χ2v) is 5.36. The van der Waals surface area contributed by atoms with Crippen molar-refractivity contribution in [3.8, 4) is 11.4 Å². The number of fused-ring (bicyclic) bond motifs is 1. The van der Waals surface area contributed by atoms with Crippen LogP contribution in [0.5, 0.6) is 0 Å². The van der Waals surface area contributed by atoms with Crippen LogP contribution in [0.15, 0.2) is 41.2 Å². The first-order chi connectivity index (χ1) is 10.2. The fourth-order valence-corrected chi connectivity index (χ4v) is 2.89. The first-order valence-corrected chi connectivity index (χ1v) is 7.27. The highest BCUT2D eigenvalue weighted by molar-refractivity contribution is 7.20. The van der Waals surface area contributed by atoms with Gasteiger partial charge in [-0.1, -0.05) is 30.3 Å². The van der Waals surface area contributed by atoms with Crippen molar-refractivity contribution in [2.24, 2.45) is 0 Å². The Morgan fingerprint density at radius 3 is 2.81 bits per heavy atom. The normalized spacial score (nSPS) is 10.7. The monoisotopic (exact) mass is 300 g/mol. The number of esters is 1. The third kappa shape index (κ3) is 2.57.